The highest BCUT2D eigenvalue weighted by Crippen LogP contribution is 2.17. The first-order valence-corrected chi connectivity index (χ1v) is 9.11. The third-order valence-electron chi connectivity index (χ3n) is 1.97. The maximum absolute atomic E-state index is 5.93. The minimum Gasteiger partial charge on any atom is -1.00 e. The fraction of sp³-hybridized carbons (Fsp3) is 0. The van der Waals surface area contributed by atoms with Gasteiger partial charge in [0.2, 0.25) is 7.14 Å². The van der Waals surface area contributed by atoms with Gasteiger partial charge >= 0.3 is 21.2 Å². The molecule has 6 heteroatoms. The van der Waals surface area contributed by atoms with Crippen LogP contribution in [0.4, 0.5) is 0 Å². The zero-order valence-electron chi connectivity index (χ0n) is 8.73. The highest BCUT2D eigenvalue weighted by atomic mass is 127. The molecule has 2 aromatic rings. The lowest BCUT2D eigenvalue weighted by Gasteiger charge is -1.95. The van der Waals surface area contributed by atoms with E-state index in [0.717, 1.165) is 19.0 Å². The number of hydrogen-bond donors (Lipinski definition) is 0. The smallest absolute Gasteiger partial charge is 0.360 e. The molecule has 0 aliphatic heterocycles. The fourth-order valence-corrected chi connectivity index (χ4v) is 5.75. The molecule has 0 aliphatic carbocycles. The quantitative estimate of drug-likeness (QED) is 0.359. The average Bonchev–Trinajstić information content (AvgIpc) is 2.25. The Morgan fingerprint density at radius 2 is 1.17 bits per heavy atom. The lowest BCUT2D eigenvalue weighted by molar-refractivity contribution is -0.599. The Hall–Kier alpha value is 1.000. The van der Waals surface area contributed by atoms with Gasteiger partial charge < -0.3 is 12.4 Å². The lowest BCUT2D eigenvalue weighted by atomic mass is 10.4. The van der Waals surface area contributed by atoms with Crippen LogP contribution in [0.3, 0.4) is 0 Å². The third kappa shape index (κ3) is 4.53. The van der Waals surface area contributed by atoms with E-state index in [-0.39, 0.29) is 33.6 Å². The minimum absolute atomic E-state index is 0. The molecule has 0 radical (unpaired) electrons. The van der Waals surface area contributed by atoms with Crippen LogP contribution in [0.1, 0.15) is 0 Å². The van der Waals surface area contributed by atoms with Gasteiger partial charge in [-0.1, -0.05) is 23.2 Å². The largest absolute Gasteiger partial charge is 1.00 e. The van der Waals surface area contributed by atoms with E-state index in [1.54, 1.807) is 0 Å². The van der Waals surface area contributed by atoms with Gasteiger partial charge in [-0.05, 0) is 68.3 Å². The van der Waals surface area contributed by atoms with Crippen LogP contribution in [-0.2, 0) is 0 Å². The molecule has 0 fully saturated rings. The summed E-state index contributed by atoms with van der Waals surface area (Å²) < 4.78 is 4.74. The van der Waals surface area contributed by atoms with E-state index in [9.17, 15) is 0 Å². The third-order valence-corrected chi connectivity index (χ3v) is 8.28. The van der Waals surface area contributed by atoms with Crippen LogP contribution in [-0.4, -0.2) is 0 Å². The van der Waals surface area contributed by atoms with Crippen LogP contribution in [0.15, 0.2) is 45.3 Å². The molecular weight excluding hydrogens is 537 g/mol. The molecule has 2 aromatic carbocycles. The van der Waals surface area contributed by atoms with E-state index < -0.39 is 0 Å². The first-order valence-electron chi connectivity index (χ1n) is 4.61. The van der Waals surface area contributed by atoms with E-state index in [2.05, 4.69) is 44.0 Å². The lowest BCUT2D eigenvalue weighted by Crippen LogP contribution is -3.61. The summed E-state index contributed by atoms with van der Waals surface area (Å²) in [4.78, 5) is 0. The first-order chi connectivity index (χ1) is 8.06. The summed E-state index contributed by atoms with van der Waals surface area (Å²) in [5.74, 6) is 0. The summed E-state index contributed by atoms with van der Waals surface area (Å²) in [5.41, 5.74) is 0. The van der Waals surface area contributed by atoms with Crippen LogP contribution in [0.2, 0.25) is 10.0 Å². The van der Waals surface area contributed by atoms with Crippen LogP contribution < -0.4 is 33.6 Å². The minimum atomic E-state index is -0.251. The van der Waals surface area contributed by atoms with Gasteiger partial charge in [-0.2, -0.15) is 0 Å². The SMILES string of the molecule is Clc1ccc([I+]c2ccc(Cl)cc2Br)c(Br)c1.[Cl-]. The van der Waals surface area contributed by atoms with Crippen molar-refractivity contribution in [2.75, 3.05) is 0 Å². The van der Waals surface area contributed by atoms with Crippen LogP contribution in [0, 0.1) is 7.14 Å². The second-order valence-corrected chi connectivity index (χ2v) is 8.66. The summed E-state index contributed by atoms with van der Waals surface area (Å²) in [5, 5.41) is 1.50. The van der Waals surface area contributed by atoms with Crippen molar-refractivity contribution < 1.29 is 33.6 Å². The molecule has 18 heavy (non-hydrogen) atoms. The van der Waals surface area contributed by atoms with Crippen molar-refractivity contribution in [2.45, 2.75) is 0 Å². The average molecular weight is 543 g/mol. The number of benzene rings is 2. The monoisotopic (exact) mass is 540 g/mol. The molecule has 0 N–H and O–H groups in total. The van der Waals surface area contributed by atoms with Crippen LogP contribution in [0.5, 0.6) is 0 Å². The van der Waals surface area contributed by atoms with Gasteiger partial charge in [-0.3, -0.25) is 0 Å². The van der Waals surface area contributed by atoms with Crippen LogP contribution >= 0.6 is 55.1 Å². The zero-order valence-corrected chi connectivity index (χ0v) is 16.3. The van der Waals surface area contributed by atoms with E-state index in [4.69, 9.17) is 23.2 Å². The van der Waals surface area contributed by atoms with Gasteiger partial charge in [0.25, 0.3) is 0 Å². The number of halogens is 6. The van der Waals surface area contributed by atoms with Crippen molar-refractivity contribution in [1.82, 2.24) is 0 Å². The Labute approximate surface area is 149 Å². The second kappa shape index (κ2) is 7.70. The molecule has 96 valence electrons. The van der Waals surface area contributed by atoms with Gasteiger partial charge in [-0.25, -0.2) is 0 Å². The summed E-state index contributed by atoms with van der Waals surface area (Å²) in [7, 11) is 0. The Bertz CT molecular complexity index is 512. The molecule has 0 atom stereocenters. The molecule has 0 bridgehead atoms. The molecule has 0 aromatic heterocycles. The zero-order chi connectivity index (χ0) is 12.4. The molecule has 0 spiro atoms. The second-order valence-electron chi connectivity index (χ2n) is 3.21. The molecule has 0 amide bonds. The molecule has 0 aliphatic rings. The van der Waals surface area contributed by atoms with E-state index in [1.807, 2.05) is 24.3 Å². The Morgan fingerprint density at radius 1 is 0.778 bits per heavy atom. The Balaban J connectivity index is 0.00000162. The van der Waals surface area contributed by atoms with Crippen molar-refractivity contribution in [1.29, 1.82) is 0 Å². The molecule has 0 nitrogen and oxygen atoms in total. The van der Waals surface area contributed by atoms with Crippen molar-refractivity contribution in [3.05, 3.63) is 62.5 Å². The normalized spacial score (nSPS) is 10.0. The molecule has 0 saturated heterocycles. The fourth-order valence-electron chi connectivity index (χ4n) is 1.20. The van der Waals surface area contributed by atoms with E-state index in [1.165, 1.54) is 7.14 Å². The molecule has 0 unspecified atom stereocenters. The van der Waals surface area contributed by atoms with Crippen molar-refractivity contribution in [2.24, 2.45) is 0 Å². The highest BCUT2D eigenvalue weighted by Gasteiger charge is 2.22. The summed E-state index contributed by atoms with van der Waals surface area (Å²) in [6, 6.07) is 11.8. The predicted molar refractivity (Wildman–Crippen MR) is 75.7 cm³/mol. The van der Waals surface area contributed by atoms with Crippen molar-refractivity contribution in [3.8, 4) is 0 Å². The molecule has 0 heterocycles. The van der Waals surface area contributed by atoms with E-state index in [0.29, 0.717) is 0 Å². The standard InChI is InChI=1S/C12H6Br2Cl2I.ClH/c13-9-5-7(15)1-3-11(9)17-12-4-2-8(16)6-10(12)14;/h1-6H;1H/q+1;/p-1. The number of rotatable bonds is 2. The predicted octanol–water partition coefficient (Wildman–Crippen LogP) is -0.349. The maximum Gasteiger partial charge on any atom is 0.360 e. The summed E-state index contributed by atoms with van der Waals surface area (Å²) in [6.07, 6.45) is 0. The van der Waals surface area contributed by atoms with Gasteiger partial charge in [-0.15, -0.1) is 0 Å². The summed E-state index contributed by atoms with van der Waals surface area (Å²) in [6.45, 7) is 0. The first kappa shape index (κ1) is 17.1. The highest BCUT2D eigenvalue weighted by molar-refractivity contribution is 9.10. The maximum atomic E-state index is 5.93. The van der Waals surface area contributed by atoms with Gasteiger partial charge in [0.15, 0.2) is 0 Å². The molecule has 2 rings (SSSR count). The van der Waals surface area contributed by atoms with Crippen molar-refractivity contribution in [3.63, 3.8) is 0 Å². The van der Waals surface area contributed by atoms with Crippen LogP contribution in [0.25, 0.3) is 0 Å². The Morgan fingerprint density at radius 3 is 1.50 bits per heavy atom. The topological polar surface area (TPSA) is 0 Å². The van der Waals surface area contributed by atoms with E-state index >= 15 is 0 Å². The summed E-state index contributed by atoms with van der Waals surface area (Å²) >= 11 is 18.7. The Kier molecular flexibility index (Phi) is 7.29. The number of hydrogen-bond acceptors (Lipinski definition) is 0. The van der Waals surface area contributed by atoms with Gasteiger partial charge in [0.05, 0.1) is 8.95 Å². The molecule has 0 saturated carbocycles. The van der Waals surface area contributed by atoms with Crippen molar-refractivity contribution >= 4 is 55.1 Å². The molecular formula is C12H6Br2Cl3I. The van der Waals surface area contributed by atoms with Gasteiger partial charge in [0, 0.05) is 10.0 Å². The van der Waals surface area contributed by atoms with Gasteiger partial charge in [0.1, 0.15) is 0 Å².